The van der Waals surface area contributed by atoms with E-state index in [4.69, 9.17) is 29.4 Å². The quantitative estimate of drug-likeness (QED) is 0.113. The number of esters is 1. The molecule has 3 N–H and O–H groups in total. The van der Waals surface area contributed by atoms with Crippen LogP contribution in [0, 0.1) is 23.2 Å². The van der Waals surface area contributed by atoms with Gasteiger partial charge in [0, 0.05) is 24.6 Å². The molecule has 2 aromatic carbocycles. The lowest BCUT2D eigenvalue weighted by molar-refractivity contribution is -0.138. The first-order valence-corrected chi connectivity index (χ1v) is 19.0. The van der Waals surface area contributed by atoms with Crippen molar-refractivity contribution in [2.45, 2.75) is 114 Å². The summed E-state index contributed by atoms with van der Waals surface area (Å²) in [5.41, 5.74) is 10.2. The third kappa shape index (κ3) is 18.9. The van der Waals surface area contributed by atoms with Crippen LogP contribution in [-0.4, -0.2) is 57.2 Å². The Balaban J connectivity index is 0.000000537. The molecule has 1 aliphatic heterocycles. The van der Waals surface area contributed by atoms with Gasteiger partial charge >= 0.3 is 5.97 Å². The summed E-state index contributed by atoms with van der Waals surface area (Å²) >= 11 is 0. The number of rotatable bonds is 9. The van der Waals surface area contributed by atoms with E-state index in [1.807, 2.05) is 52.8 Å². The molecule has 3 unspecified atom stereocenters. The molecule has 3 atom stereocenters. The number of anilines is 1. The van der Waals surface area contributed by atoms with E-state index >= 15 is 0 Å². The van der Waals surface area contributed by atoms with Crippen molar-refractivity contribution in [1.82, 2.24) is 5.32 Å². The zero-order valence-electron chi connectivity index (χ0n) is 35.6. The maximum absolute atomic E-state index is 11.8. The highest BCUT2D eigenvalue weighted by molar-refractivity contribution is 5.95. The number of hydrogen-bond donors (Lipinski definition) is 2. The van der Waals surface area contributed by atoms with Gasteiger partial charge in [-0.1, -0.05) is 110 Å². The smallest absolute Gasteiger partial charge is 0.339 e. The Bertz CT molecular complexity index is 1500. The second kappa shape index (κ2) is 23.1. The second-order valence-corrected chi connectivity index (χ2v) is 16.1. The van der Waals surface area contributed by atoms with Crippen LogP contribution < -0.4 is 15.8 Å². The summed E-state index contributed by atoms with van der Waals surface area (Å²) in [4.78, 5) is 21.8. The molecule has 4 rings (SSSR count). The van der Waals surface area contributed by atoms with Crippen molar-refractivity contribution in [2.24, 2.45) is 23.2 Å². The highest BCUT2D eigenvalue weighted by Crippen LogP contribution is 2.32. The van der Waals surface area contributed by atoms with E-state index in [9.17, 15) is 9.59 Å². The van der Waals surface area contributed by atoms with Gasteiger partial charge in [-0.2, -0.15) is 0 Å². The zero-order valence-corrected chi connectivity index (χ0v) is 35.6. The van der Waals surface area contributed by atoms with E-state index < -0.39 is 11.8 Å². The van der Waals surface area contributed by atoms with Gasteiger partial charge in [0.15, 0.2) is 5.79 Å². The standard InChI is InChI=1S/C28H33NO3.C7H13NO3.C5H12O.C5H12/c1-19-13-15-28(3,4)16-14-20(2)25(17-19)21-9-11-23(12-10-21)32-18-22-7-6-8-24(26(22)29)27(30)31-5;1-7(2)10-4-6(11-7)3-8-5-9;1-5(2,3)6-4;1-4-5(2)3/h6-17,19-20H,18,29H2,1-5H3;5-6H,3-4H2,1-2H3,(H,8,9);1-4H3;5H,4H2,1-3H3/b15-13-,16-14-,25-17+;;;. The van der Waals surface area contributed by atoms with Gasteiger partial charge in [-0.3, -0.25) is 4.79 Å². The summed E-state index contributed by atoms with van der Waals surface area (Å²) < 4.78 is 26.3. The molecule has 0 bridgehead atoms. The molecule has 0 spiro atoms. The lowest BCUT2D eigenvalue weighted by Crippen LogP contribution is -2.29. The van der Waals surface area contributed by atoms with Crippen LogP contribution in [0.25, 0.3) is 5.57 Å². The van der Waals surface area contributed by atoms with Gasteiger partial charge in [0.05, 0.1) is 30.6 Å². The molecule has 9 nitrogen and oxygen atoms in total. The number of methoxy groups -OCH3 is 2. The number of para-hydroxylation sites is 1. The first-order valence-electron chi connectivity index (χ1n) is 19.0. The van der Waals surface area contributed by atoms with Gasteiger partial charge in [0.1, 0.15) is 18.5 Å². The number of benzene rings is 2. The minimum absolute atomic E-state index is 0.00444. The molecule has 1 amide bonds. The van der Waals surface area contributed by atoms with Crippen molar-refractivity contribution in [3.8, 4) is 5.75 Å². The summed E-state index contributed by atoms with van der Waals surface area (Å²) in [6.45, 7) is 26.7. The summed E-state index contributed by atoms with van der Waals surface area (Å²) in [6, 6.07) is 13.4. The number of nitrogens with one attached hydrogen (secondary N) is 1. The molecule has 2 aliphatic rings. The first kappa shape index (κ1) is 48.1. The molecule has 54 heavy (non-hydrogen) atoms. The summed E-state index contributed by atoms with van der Waals surface area (Å²) in [5.74, 6) is 1.35. The number of nitrogen functional groups attached to an aromatic ring is 1. The Kier molecular flexibility index (Phi) is 20.6. The molecular weight excluding hydrogens is 681 g/mol. The lowest BCUT2D eigenvalue weighted by Gasteiger charge is -2.17. The van der Waals surface area contributed by atoms with Crippen LogP contribution >= 0.6 is 0 Å². The fourth-order valence-electron chi connectivity index (χ4n) is 4.78. The van der Waals surface area contributed by atoms with Crippen LogP contribution in [0.4, 0.5) is 5.69 Å². The highest BCUT2D eigenvalue weighted by atomic mass is 16.7. The van der Waals surface area contributed by atoms with E-state index in [1.165, 1.54) is 24.7 Å². The van der Waals surface area contributed by atoms with E-state index in [2.05, 4.69) is 96.3 Å². The first-order chi connectivity index (χ1) is 25.2. The Hall–Kier alpha value is -3.92. The Morgan fingerprint density at radius 2 is 1.61 bits per heavy atom. The van der Waals surface area contributed by atoms with Crippen LogP contribution in [-0.2, 0) is 30.3 Å². The van der Waals surface area contributed by atoms with Crippen LogP contribution in [0.1, 0.15) is 111 Å². The number of carbonyl (C=O) groups is 2. The molecule has 1 aliphatic carbocycles. The minimum Gasteiger partial charge on any atom is -0.489 e. The van der Waals surface area contributed by atoms with Gasteiger partial charge in [-0.25, -0.2) is 4.79 Å². The molecule has 2 aromatic rings. The maximum Gasteiger partial charge on any atom is 0.339 e. The van der Waals surface area contributed by atoms with Crippen molar-refractivity contribution in [1.29, 1.82) is 0 Å². The Morgan fingerprint density at radius 3 is 2.11 bits per heavy atom. The molecule has 302 valence electrons. The third-order valence-corrected chi connectivity index (χ3v) is 8.69. The number of nitrogens with two attached hydrogens (primary N) is 1. The highest BCUT2D eigenvalue weighted by Gasteiger charge is 2.32. The van der Waals surface area contributed by atoms with Crippen molar-refractivity contribution >= 4 is 23.6 Å². The molecule has 9 heteroatoms. The second-order valence-electron chi connectivity index (χ2n) is 16.1. The lowest BCUT2D eigenvalue weighted by atomic mass is 9.89. The van der Waals surface area contributed by atoms with E-state index in [0.717, 1.165) is 17.2 Å². The minimum atomic E-state index is -0.491. The molecule has 0 radical (unpaired) electrons. The summed E-state index contributed by atoms with van der Waals surface area (Å²) in [6.07, 6.45) is 13.4. The number of carbonyl (C=O) groups excluding carboxylic acids is 2. The normalized spacial score (nSPS) is 22.0. The van der Waals surface area contributed by atoms with E-state index in [1.54, 1.807) is 19.2 Å². The number of hydrogen-bond acceptors (Lipinski definition) is 8. The van der Waals surface area contributed by atoms with Gasteiger partial charge in [-0.05, 0) is 81.7 Å². The fraction of sp³-hybridized carbons (Fsp3) is 0.556. The van der Waals surface area contributed by atoms with E-state index in [-0.39, 0.29) is 23.7 Å². The van der Waals surface area contributed by atoms with Crippen LogP contribution in [0.15, 0.2) is 72.8 Å². The average molecular weight is 751 g/mol. The SMILES string of the molecule is CC1(C)OCC(CNC=O)O1.CCC(C)C.COC(=O)c1cccc(COc2ccc(/C3=C/C(C)/C=C\C(C)(C)/C=C\C3C)cc2)c1N.COC(C)(C)C. The molecule has 1 fully saturated rings. The zero-order chi connectivity index (χ0) is 41.1. The van der Waals surface area contributed by atoms with Gasteiger partial charge < -0.3 is 34.7 Å². The number of allylic oxidation sites excluding steroid dienone is 6. The van der Waals surface area contributed by atoms with Crippen molar-refractivity contribution in [3.05, 3.63) is 89.5 Å². The molecule has 1 saturated heterocycles. The monoisotopic (exact) mass is 751 g/mol. The summed E-state index contributed by atoms with van der Waals surface area (Å²) in [7, 11) is 3.05. The average Bonchev–Trinajstić information content (AvgIpc) is 3.50. The van der Waals surface area contributed by atoms with Crippen LogP contribution in [0.3, 0.4) is 0 Å². The predicted molar refractivity (Wildman–Crippen MR) is 222 cm³/mol. The fourth-order valence-corrected chi connectivity index (χ4v) is 4.78. The Labute approximate surface area is 326 Å². The molecular formula is C45H70N2O7. The Morgan fingerprint density at radius 1 is 1.02 bits per heavy atom. The summed E-state index contributed by atoms with van der Waals surface area (Å²) in [5, 5.41) is 2.54. The molecule has 0 saturated carbocycles. The third-order valence-electron chi connectivity index (χ3n) is 8.69. The van der Waals surface area contributed by atoms with Gasteiger partial charge in [0.2, 0.25) is 6.41 Å². The van der Waals surface area contributed by atoms with Crippen LogP contribution in [0.2, 0.25) is 0 Å². The molecule has 0 aromatic heterocycles. The van der Waals surface area contributed by atoms with Crippen molar-refractivity contribution < 1.29 is 33.3 Å². The predicted octanol–water partition coefficient (Wildman–Crippen LogP) is 9.81. The van der Waals surface area contributed by atoms with Gasteiger partial charge in [0.25, 0.3) is 0 Å². The van der Waals surface area contributed by atoms with Crippen molar-refractivity contribution in [2.75, 3.05) is 33.1 Å². The number of amides is 1. The largest absolute Gasteiger partial charge is 0.489 e. The van der Waals surface area contributed by atoms with E-state index in [0.29, 0.717) is 42.6 Å². The topological polar surface area (TPSA) is 118 Å². The van der Waals surface area contributed by atoms with Crippen molar-refractivity contribution in [3.63, 3.8) is 0 Å². The number of ether oxygens (including phenoxy) is 5. The van der Waals surface area contributed by atoms with Crippen LogP contribution in [0.5, 0.6) is 5.75 Å². The van der Waals surface area contributed by atoms with Gasteiger partial charge in [-0.15, -0.1) is 0 Å². The molecule has 1 heterocycles. The maximum atomic E-state index is 11.8.